The van der Waals surface area contributed by atoms with Gasteiger partial charge in [-0.2, -0.15) is 0 Å². The summed E-state index contributed by atoms with van der Waals surface area (Å²) in [5.74, 6) is -0.127. The number of β-amino-alcohol motifs (C(OH)–C–C–N with tert-alkyl or cyclic N) is 1. The Balaban J connectivity index is 2.07. The normalized spacial score (nSPS) is 24.8. The van der Waals surface area contributed by atoms with Crippen molar-refractivity contribution in [2.45, 2.75) is 25.0 Å². The highest BCUT2D eigenvalue weighted by atomic mass is 16.3. The SMILES string of the molecule is CC(C(=O)N(C)[C@@H]1CNC[C@H]1O)c1ccccc1. The van der Waals surface area contributed by atoms with Crippen molar-refractivity contribution >= 4 is 5.91 Å². The van der Waals surface area contributed by atoms with Gasteiger partial charge in [0.2, 0.25) is 5.91 Å². The van der Waals surface area contributed by atoms with Crippen LogP contribution in [0.5, 0.6) is 0 Å². The number of rotatable bonds is 3. The third-order valence-electron chi connectivity index (χ3n) is 3.67. The molecule has 3 atom stereocenters. The monoisotopic (exact) mass is 248 g/mol. The second-order valence-electron chi connectivity index (χ2n) is 4.87. The van der Waals surface area contributed by atoms with Gasteiger partial charge in [0.15, 0.2) is 0 Å². The molecule has 1 aliphatic rings. The predicted octanol–water partition coefficient (Wildman–Crippen LogP) is 0.581. The van der Waals surface area contributed by atoms with Gasteiger partial charge in [0.05, 0.1) is 18.1 Å². The number of nitrogens with zero attached hydrogens (tertiary/aromatic N) is 1. The molecule has 1 fully saturated rings. The largest absolute Gasteiger partial charge is 0.390 e. The zero-order valence-corrected chi connectivity index (χ0v) is 10.8. The van der Waals surface area contributed by atoms with Gasteiger partial charge in [0.25, 0.3) is 0 Å². The molecule has 1 aromatic rings. The molecule has 18 heavy (non-hydrogen) atoms. The number of nitrogens with one attached hydrogen (secondary N) is 1. The first-order valence-electron chi connectivity index (χ1n) is 6.31. The van der Waals surface area contributed by atoms with Crippen molar-refractivity contribution in [2.24, 2.45) is 0 Å². The molecule has 0 spiro atoms. The summed E-state index contributed by atoms with van der Waals surface area (Å²) in [5, 5.41) is 12.9. The number of aliphatic hydroxyl groups is 1. The molecule has 0 bridgehead atoms. The quantitative estimate of drug-likeness (QED) is 0.823. The van der Waals surface area contributed by atoms with Crippen LogP contribution in [0.1, 0.15) is 18.4 Å². The Kier molecular flexibility index (Phi) is 3.99. The Hall–Kier alpha value is -1.39. The van der Waals surface area contributed by atoms with Crippen molar-refractivity contribution < 1.29 is 9.90 Å². The van der Waals surface area contributed by atoms with Gasteiger partial charge < -0.3 is 15.3 Å². The van der Waals surface area contributed by atoms with Crippen LogP contribution in [0.25, 0.3) is 0 Å². The molecule has 1 heterocycles. The Morgan fingerprint density at radius 2 is 2.06 bits per heavy atom. The minimum absolute atomic E-state index is 0.0500. The highest BCUT2D eigenvalue weighted by Gasteiger charge is 2.33. The van der Waals surface area contributed by atoms with Gasteiger partial charge in [0, 0.05) is 20.1 Å². The summed E-state index contributed by atoms with van der Waals surface area (Å²) in [6.07, 6.45) is -0.470. The van der Waals surface area contributed by atoms with Crippen molar-refractivity contribution in [3.8, 4) is 0 Å². The molecule has 4 nitrogen and oxygen atoms in total. The van der Waals surface area contributed by atoms with E-state index in [-0.39, 0.29) is 17.9 Å². The van der Waals surface area contributed by atoms with E-state index in [1.54, 1.807) is 11.9 Å². The first-order chi connectivity index (χ1) is 8.61. The maximum Gasteiger partial charge on any atom is 0.229 e. The number of hydrogen-bond donors (Lipinski definition) is 2. The van der Waals surface area contributed by atoms with Crippen LogP contribution >= 0.6 is 0 Å². The molecule has 2 rings (SSSR count). The van der Waals surface area contributed by atoms with Crippen LogP contribution in [0, 0.1) is 0 Å². The highest BCUT2D eigenvalue weighted by molar-refractivity contribution is 5.83. The lowest BCUT2D eigenvalue weighted by Crippen LogP contribution is -2.45. The van der Waals surface area contributed by atoms with Gasteiger partial charge in [0.1, 0.15) is 0 Å². The van der Waals surface area contributed by atoms with Gasteiger partial charge in [-0.05, 0) is 12.5 Å². The van der Waals surface area contributed by atoms with Crippen LogP contribution in [-0.2, 0) is 4.79 Å². The molecule has 1 unspecified atom stereocenters. The standard InChI is InChI=1S/C14H20N2O2/c1-10(11-6-4-3-5-7-11)14(18)16(2)12-8-15-9-13(12)17/h3-7,10,12-13,15,17H,8-9H2,1-2H3/t10?,12-,13-/m1/s1. The number of carbonyl (C=O) groups is 1. The number of amides is 1. The fourth-order valence-corrected chi connectivity index (χ4v) is 2.40. The number of likely N-dealkylation sites (N-methyl/N-ethyl adjacent to an activating group) is 1. The molecule has 1 saturated heterocycles. The Morgan fingerprint density at radius 3 is 2.61 bits per heavy atom. The Bertz CT molecular complexity index is 408. The van der Waals surface area contributed by atoms with E-state index in [0.717, 1.165) is 5.56 Å². The van der Waals surface area contributed by atoms with Crippen molar-refractivity contribution in [3.05, 3.63) is 35.9 Å². The molecule has 1 amide bonds. The first-order valence-corrected chi connectivity index (χ1v) is 6.31. The lowest BCUT2D eigenvalue weighted by atomic mass is 9.99. The van der Waals surface area contributed by atoms with E-state index in [2.05, 4.69) is 5.32 Å². The van der Waals surface area contributed by atoms with Crippen molar-refractivity contribution in [2.75, 3.05) is 20.1 Å². The summed E-state index contributed by atoms with van der Waals surface area (Å²) >= 11 is 0. The molecule has 4 heteroatoms. The smallest absolute Gasteiger partial charge is 0.229 e. The third-order valence-corrected chi connectivity index (χ3v) is 3.67. The minimum Gasteiger partial charge on any atom is -0.390 e. The summed E-state index contributed by atoms with van der Waals surface area (Å²) in [7, 11) is 1.77. The summed E-state index contributed by atoms with van der Waals surface area (Å²) in [6, 6.07) is 9.61. The maximum absolute atomic E-state index is 12.4. The lowest BCUT2D eigenvalue weighted by Gasteiger charge is -2.29. The molecule has 98 valence electrons. The topological polar surface area (TPSA) is 52.6 Å². The summed E-state index contributed by atoms with van der Waals surface area (Å²) < 4.78 is 0. The van der Waals surface area contributed by atoms with Gasteiger partial charge >= 0.3 is 0 Å². The minimum atomic E-state index is -0.470. The van der Waals surface area contributed by atoms with Gasteiger partial charge in [-0.1, -0.05) is 30.3 Å². The van der Waals surface area contributed by atoms with Crippen LogP contribution in [0.3, 0.4) is 0 Å². The average Bonchev–Trinajstić information content (AvgIpc) is 2.83. The maximum atomic E-state index is 12.4. The molecule has 1 aromatic carbocycles. The molecule has 0 aliphatic carbocycles. The summed E-state index contributed by atoms with van der Waals surface area (Å²) in [6.45, 7) is 3.12. The summed E-state index contributed by atoms with van der Waals surface area (Å²) in [5.41, 5.74) is 1.01. The van der Waals surface area contributed by atoms with Crippen LogP contribution < -0.4 is 5.32 Å². The van der Waals surface area contributed by atoms with E-state index in [0.29, 0.717) is 13.1 Å². The van der Waals surface area contributed by atoms with Gasteiger partial charge in [-0.25, -0.2) is 0 Å². The zero-order valence-electron chi connectivity index (χ0n) is 10.8. The Labute approximate surface area is 108 Å². The molecule has 2 N–H and O–H groups in total. The molecular formula is C14H20N2O2. The van der Waals surface area contributed by atoms with Gasteiger partial charge in [-0.3, -0.25) is 4.79 Å². The molecular weight excluding hydrogens is 228 g/mol. The van der Waals surface area contributed by atoms with Crippen molar-refractivity contribution in [3.63, 3.8) is 0 Å². The van der Waals surface area contributed by atoms with E-state index in [1.165, 1.54) is 0 Å². The predicted molar refractivity (Wildman–Crippen MR) is 70.3 cm³/mol. The highest BCUT2D eigenvalue weighted by Crippen LogP contribution is 2.19. The number of aliphatic hydroxyl groups excluding tert-OH is 1. The van der Waals surface area contributed by atoms with E-state index < -0.39 is 6.10 Å². The van der Waals surface area contributed by atoms with E-state index in [4.69, 9.17) is 0 Å². The molecule has 0 aromatic heterocycles. The molecule has 1 aliphatic heterocycles. The Morgan fingerprint density at radius 1 is 1.39 bits per heavy atom. The van der Waals surface area contributed by atoms with Crippen molar-refractivity contribution in [1.29, 1.82) is 0 Å². The van der Waals surface area contributed by atoms with Crippen LogP contribution in [-0.4, -0.2) is 48.2 Å². The number of carbonyl (C=O) groups excluding carboxylic acids is 1. The van der Waals surface area contributed by atoms with E-state index >= 15 is 0 Å². The second-order valence-corrected chi connectivity index (χ2v) is 4.87. The molecule has 0 saturated carbocycles. The van der Waals surface area contributed by atoms with Crippen molar-refractivity contribution in [1.82, 2.24) is 10.2 Å². The lowest BCUT2D eigenvalue weighted by molar-refractivity contribution is -0.134. The zero-order chi connectivity index (χ0) is 13.1. The fourth-order valence-electron chi connectivity index (χ4n) is 2.40. The molecule has 0 radical (unpaired) electrons. The van der Waals surface area contributed by atoms with Crippen LogP contribution in [0.15, 0.2) is 30.3 Å². The van der Waals surface area contributed by atoms with Crippen LogP contribution in [0.2, 0.25) is 0 Å². The van der Waals surface area contributed by atoms with E-state index in [1.807, 2.05) is 37.3 Å². The van der Waals surface area contributed by atoms with E-state index in [9.17, 15) is 9.90 Å². The summed E-state index contributed by atoms with van der Waals surface area (Å²) in [4.78, 5) is 14.0. The van der Waals surface area contributed by atoms with Gasteiger partial charge in [-0.15, -0.1) is 0 Å². The number of benzene rings is 1. The second kappa shape index (κ2) is 5.50. The van der Waals surface area contributed by atoms with Crippen LogP contribution in [0.4, 0.5) is 0 Å². The average molecular weight is 248 g/mol. The number of hydrogen-bond acceptors (Lipinski definition) is 3. The first kappa shape index (κ1) is 13.1. The fraction of sp³-hybridized carbons (Fsp3) is 0.500. The third kappa shape index (κ3) is 2.54.